The van der Waals surface area contributed by atoms with E-state index in [4.69, 9.17) is 0 Å². The smallest absolute Gasteiger partial charge is 0.726 e. The SMILES string of the molecule is C[C@H](CCCOS(=O)(=O)[O-])[C@H]1CC[C@H]2[C@@H]3[C@H](O)C[C@@H]4C[C@H](O)CC[C@]4(C)[C@H]3CC[C@]12C.[Na+]. The summed E-state index contributed by atoms with van der Waals surface area (Å²) in [6.07, 6.45) is 9.32. The summed E-state index contributed by atoms with van der Waals surface area (Å²) in [5.41, 5.74) is 0.458. The van der Waals surface area contributed by atoms with Gasteiger partial charge < -0.3 is 14.8 Å². The number of fused-ring (bicyclic) bond motifs is 5. The van der Waals surface area contributed by atoms with Gasteiger partial charge in [-0.25, -0.2) is 8.42 Å². The molecule has 0 spiro atoms. The second kappa shape index (κ2) is 10.0. The zero-order chi connectivity index (χ0) is 22.6. The summed E-state index contributed by atoms with van der Waals surface area (Å²) in [5, 5.41) is 21.5. The van der Waals surface area contributed by atoms with Crippen molar-refractivity contribution in [2.24, 2.45) is 46.3 Å². The summed E-state index contributed by atoms with van der Waals surface area (Å²) >= 11 is 0. The third-order valence-electron chi connectivity index (χ3n) is 10.4. The quantitative estimate of drug-likeness (QED) is 0.253. The monoisotopic (exact) mass is 480 g/mol. The molecule has 10 atom stereocenters. The van der Waals surface area contributed by atoms with Gasteiger partial charge in [-0.15, -0.1) is 0 Å². The molecule has 0 radical (unpaired) electrons. The molecule has 4 saturated carbocycles. The zero-order valence-electron chi connectivity index (χ0n) is 20.3. The van der Waals surface area contributed by atoms with Crippen LogP contribution in [-0.2, 0) is 14.6 Å². The molecular formula is C24H41NaO6S. The molecule has 4 aliphatic carbocycles. The van der Waals surface area contributed by atoms with Crippen LogP contribution in [0.4, 0.5) is 0 Å². The maximum absolute atomic E-state index is 11.3. The molecule has 2 N–H and O–H groups in total. The van der Waals surface area contributed by atoms with Gasteiger partial charge in [0.2, 0.25) is 10.4 Å². The van der Waals surface area contributed by atoms with E-state index in [1.807, 2.05) is 0 Å². The van der Waals surface area contributed by atoms with Gasteiger partial charge in [-0.2, -0.15) is 0 Å². The number of aliphatic hydroxyl groups is 2. The van der Waals surface area contributed by atoms with Crippen LogP contribution in [0.25, 0.3) is 0 Å². The van der Waals surface area contributed by atoms with Gasteiger partial charge in [0.15, 0.2) is 0 Å². The summed E-state index contributed by atoms with van der Waals surface area (Å²) in [7, 11) is -4.60. The van der Waals surface area contributed by atoms with Crippen molar-refractivity contribution in [3.63, 3.8) is 0 Å². The average molecular weight is 481 g/mol. The van der Waals surface area contributed by atoms with Crippen molar-refractivity contribution in [3.05, 3.63) is 0 Å². The van der Waals surface area contributed by atoms with Gasteiger partial charge >= 0.3 is 29.6 Å². The van der Waals surface area contributed by atoms with Crippen LogP contribution in [0.1, 0.15) is 85.0 Å². The van der Waals surface area contributed by atoms with Crippen molar-refractivity contribution >= 4 is 10.4 Å². The van der Waals surface area contributed by atoms with Crippen molar-refractivity contribution in [2.45, 2.75) is 97.2 Å². The molecule has 0 heterocycles. The van der Waals surface area contributed by atoms with E-state index in [1.54, 1.807) is 0 Å². The Morgan fingerprint density at radius 3 is 2.38 bits per heavy atom. The van der Waals surface area contributed by atoms with Crippen molar-refractivity contribution < 1.29 is 56.9 Å². The van der Waals surface area contributed by atoms with E-state index >= 15 is 0 Å². The van der Waals surface area contributed by atoms with Crippen molar-refractivity contribution in [3.8, 4) is 0 Å². The van der Waals surface area contributed by atoms with Crippen LogP contribution < -0.4 is 29.6 Å². The Morgan fingerprint density at radius 1 is 1.03 bits per heavy atom. The Labute approximate surface area is 216 Å². The van der Waals surface area contributed by atoms with Crippen LogP contribution in [0, 0.1) is 46.3 Å². The first kappa shape index (κ1) is 27.4. The minimum atomic E-state index is -4.60. The molecule has 0 saturated heterocycles. The van der Waals surface area contributed by atoms with Crippen LogP contribution in [0.2, 0.25) is 0 Å². The molecule has 0 aliphatic heterocycles. The van der Waals surface area contributed by atoms with E-state index in [-0.39, 0.29) is 59.2 Å². The maximum atomic E-state index is 11.3. The summed E-state index contributed by atoms with van der Waals surface area (Å²) < 4.78 is 36.4. The van der Waals surface area contributed by atoms with Gasteiger partial charge in [-0.1, -0.05) is 20.8 Å². The average Bonchev–Trinajstić information content (AvgIpc) is 3.03. The van der Waals surface area contributed by atoms with E-state index in [0.29, 0.717) is 41.9 Å². The molecule has 0 amide bonds. The Morgan fingerprint density at radius 2 is 1.69 bits per heavy atom. The Balaban J connectivity index is 0.00000289. The molecule has 0 aromatic rings. The molecule has 0 unspecified atom stereocenters. The zero-order valence-corrected chi connectivity index (χ0v) is 23.1. The van der Waals surface area contributed by atoms with Crippen LogP contribution in [0.3, 0.4) is 0 Å². The second-order valence-electron chi connectivity index (χ2n) is 11.8. The van der Waals surface area contributed by atoms with E-state index in [1.165, 1.54) is 19.3 Å². The summed E-state index contributed by atoms with van der Waals surface area (Å²) in [5.74, 6) is 2.89. The molecule has 180 valence electrons. The maximum Gasteiger partial charge on any atom is 1.00 e. The third kappa shape index (κ3) is 5.02. The standard InChI is InChI=1S/C24H42O6S.Na/c1-15(5-4-12-30-31(27,28)29)18-6-7-19-22-20(9-11-24(18,19)3)23(2)10-8-17(25)13-16(23)14-21(22)26;/h15-22,25-26H,4-14H2,1-3H3,(H,27,28,29);/q;+1/p-1/t15-,16+,17-,18-,19+,20+,21-,22+,23+,24-;/m1./s1. The first-order valence-corrected chi connectivity index (χ1v) is 13.8. The molecule has 6 nitrogen and oxygen atoms in total. The number of rotatable bonds is 6. The number of hydrogen-bond acceptors (Lipinski definition) is 6. The largest absolute Gasteiger partial charge is 1.00 e. The first-order valence-electron chi connectivity index (χ1n) is 12.4. The molecular weight excluding hydrogens is 439 g/mol. The third-order valence-corrected chi connectivity index (χ3v) is 10.9. The molecule has 4 rings (SSSR count). The second-order valence-corrected chi connectivity index (χ2v) is 12.9. The van der Waals surface area contributed by atoms with Gasteiger partial charge in [-0.05, 0) is 111 Å². The summed E-state index contributed by atoms with van der Waals surface area (Å²) in [6, 6.07) is 0. The Bertz CT molecular complexity index is 762. The van der Waals surface area contributed by atoms with Crippen molar-refractivity contribution in [1.29, 1.82) is 0 Å². The van der Waals surface area contributed by atoms with Crippen LogP contribution in [-0.4, -0.2) is 42.0 Å². The normalized spacial score (nSPS) is 47.0. The Hall–Kier alpha value is 0.790. The number of aliphatic hydroxyl groups excluding tert-OH is 2. The predicted molar refractivity (Wildman–Crippen MR) is 117 cm³/mol. The predicted octanol–water partition coefficient (Wildman–Crippen LogP) is 0.874. The van der Waals surface area contributed by atoms with E-state index in [9.17, 15) is 23.2 Å². The molecule has 0 aromatic carbocycles. The first-order chi connectivity index (χ1) is 14.5. The Kier molecular flexibility index (Phi) is 8.59. The topological polar surface area (TPSA) is 107 Å². The molecule has 0 bridgehead atoms. The summed E-state index contributed by atoms with van der Waals surface area (Å²) in [6.45, 7) is 7.10. The van der Waals surface area contributed by atoms with Crippen LogP contribution >= 0.6 is 0 Å². The van der Waals surface area contributed by atoms with Gasteiger partial charge in [0.1, 0.15) is 0 Å². The van der Waals surface area contributed by atoms with Crippen molar-refractivity contribution in [1.82, 2.24) is 0 Å². The van der Waals surface area contributed by atoms with Gasteiger partial charge in [-0.3, -0.25) is 4.18 Å². The number of hydrogen-bond donors (Lipinski definition) is 2. The summed E-state index contributed by atoms with van der Waals surface area (Å²) in [4.78, 5) is 0. The van der Waals surface area contributed by atoms with E-state index in [0.717, 1.165) is 38.5 Å². The van der Waals surface area contributed by atoms with E-state index in [2.05, 4.69) is 25.0 Å². The molecule has 0 aromatic heterocycles. The minimum Gasteiger partial charge on any atom is -0.726 e. The van der Waals surface area contributed by atoms with E-state index < -0.39 is 10.4 Å². The molecule has 4 fully saturated rings. The van der Waals surface area contributed by atoms with Gasteiger partial charge in [0.25, 0.3) is 0 Å². The minimum absolute atomic E-state index is 0. The van der Waals surface area contributed by atoms with Crippen molar-refractivity contribution in [2.75, 3.05) is 6.61 Å². The van der Waals surface area contributed by atoms with Crippen LogP contribution in [0.5, 0.6) is 0 Å². The molecule has 8 heteroatoms. The van der Waals surface area contributed by atoms with Gasteiger partial charge in [0.05, 0.1) is 18.8 Å². The van der Waals surface area contributed by atoms with Crippen LogP contribution in [0.15, 0.2) is 0 Å². The molecule has 32 heavy (non-hydrogen) atoms. The molecule has 4 aliphatic rings. The fraction of sp³-hybridized carbons (Fsp3) is 1.00. The fourth-order valence-electron chi connectivity index (χ4n) is 8.94. The van der Waals surface area contributed by atoms with Gasteiger partial charge in [0, 0.05) is 0 Å². The fourth-order valence-corrected chi connectivity index (χ4v) is 9.26.